The zero-order chi connectivity index (χ0) is 13.3. The molecule has 1 unspecified atom stereocenters. The molecule has 0 amide bonds. The Morgan fingerprint density at radius 2 is 1.95 bits per heavy atom. The van der Waals surface area contributed by atoms with Crippen LogP contribution < -0.4 is 5.32 Å². The van der Waals surface area contributed by atoms with Crippen LogP contribution in [0.25, 0.3) is 0 Å². The number of rotatable bonds is 5. The minimum Gasteiger partial charge on any atom is -0.384 e. The van der Waals surface area contributed by atoms with Gasteiger partial charge in [0.15, 0.2) is 0 Å². The molecule has 0 saturated heterocycles. The van der Waals surface area contributed by atoms with Crippen LogP contribution in [0.4, 0.5) is 0 Å². The van der Waals surface area contributed by atoms with Crippen LogP contribution in [0.2, 0.25) is 0 Å². The summed E-state index contributed by atoms with van der Waals surface area (Å²) < 4.78 is 0. The average Bonchev–Trinajstić information content (AvgIpc) is 3.28. The Bertz CT molecular complexity index is 453. The molecule has 0 bridgehead atoms. The van der Waals surface area contributed by atoms with Gasteiger partial charge in [0, 0.05) is 12.6 Å². The maximum atomic E-state index is 10.9. The van der Waals surface area contributed by atoms with Gasteiger partial charge in [0.2, 0.25) is 0 Å². The van der Waals surface area contributed by atoms with Crippen LogP contribution >= 0.6 is 0 Å². The molecule has 0 aromatic heterocycles. The molecule has 1 aromatic carbocycles. The Labute approximate surface area is 116 Å². The summed E-state index contributed by atoms with van der Waals surface area (Å²) in [5.41, 5.74) is 3.35. The fourth-order valence-electron chi connectivity index (χ4n) is 3.05. The minimum absolute atomic E-state index is 0.649. The van der Waals surface area contributed by atoms with Crippen LogP contribution in [0.3, 0.4) is 0 Å². The highest BCUT2D eigenvalue weighted by molar-refractivity contribution is 5.36. The summed E-state index contributed by atoms with van der Waals surface area (Å²) in [6, 6.07) is 7.28. The summed E-state index contributed by atoms with van der Waals surface area (Å²) in [5, 5.41) is 14.4. The Morgan fingerprint density at radius 1 is 1.21 bits per heavy atom. The normalized spacial score (nSPS) is 21.8. The van der Waals surface area contributed by atoms with Crippen molar-refractivity contribution in [2.24, 2.45) is 0 Å². The van der Waals surface area contributed by atoms with Crippen LogP contribution in [0.1, 0.15) is 55.7 Å². The highest BCUT2D eigenvalue weighted by Crippen LogP contribution is 2.30. The van der Waals surface area contributed by atoms with Crippen molar-refractivity contribution in [1.29, 1.82) is 0 Å². The highest BCUT2D eigenvalue weighted by atomic mass is 16.3. The van der Waals surface area contributed by atoms with Crippen molar-refractivity contribution in [1.82, 2.24) is 5.32 Å². The van der Waals surface area contributed by atoms with E-state index < -0.39 is 5.60 Å². The lowest BCUT2D eigenvalue weighted by Crippen LogP contribution is -2.38. The van der Waals surface area contributed by atoms with Gasteiger partial charge < -0.3 is 10.4 Å². The molecule has 2 nitrogen and oxygen atoms in total. The number of hydrogen-bond donors (Lipinski definition) is 2. The van der Waals surface area contributed by atoms with Crippen molar-refractivity contribution in [3.63, 3.8) is 0 Å². The third-order valence-electron chi connectivity index (χ3n) is 4.73. The first kappa shape index (κ1) is 13.1. The Kier molecular flexibility index (Phi) is 3.64. The van der Waals surface area contributed by atoms with Crippen molar-refractivity contribution < 1.29 is 5.11 Å². The fourth-order valence-corrected chi connectivity index (χ4v) is 3.05. The van der Waals surface area contributed by atoms with Gasteiger partial charge >= 0.3 is 0 Å². The van der Waals surface area contributed by atoms with E-state index in [-0.39, 0.29) is 0 Å². The smallest absolute Gasteiger partial charge is 0.102 e. The van der Waals surface area contributed by atoms with Crippen molar-refractivity contribution in [2.75, 3.05) is 6.54 Å². The van der Waals surface area contributed by atoms with Crippen molar-refractivity contribution >= 4 is 0 Å². The maximum Gasteiger partial charge on any atom is 0.102 e. The summed E-state index contributed by atoms with van der Waals surface area (Å²) in [6.45, 7) is 2.76. The second-order valence-corrected chi connectivity index (χ2v) is 6.23. The van der Waals surface area contributed by atoms with Crippen molar-refractivity contribution in [3.8, 4) is 0 Å². The summed E-state index contributed by atoms with van der Waals surface area (Å²) in [5.74, 6) is 0. The van der Waals surface area contributed by atoms with E-state index in [1.54, 1.807) is 0 Å². The Hall–Kier alpha value is -0.860. The summed E-state index contributed by atoms with van der Waals surface area (Å²) in [7, 11) is 0. The minimum atomic E-state index is -0.699. The van der Waals surface area contributed by atoms with Crippen LogP contribution in [0, 0.1) is 0 Å². The second-order valence-electron chi connectivity index (χ2n) is 6.23. The van der Waals surface area contributed by atoms with Gasteiger partial charge in [-0.25, -0.2) is 0 Å². The number of benzene rings is 1. The van der Waals surface area contributed by atoms with E-state index in [9.17, 15) is 5.11 Å². The van der Waals surface area contributed by atoms with E-state index in [0.717, 1.165) is 12.0 Å². The van der Waals surface area contributed by atoms with Crippen LogP contribution in [-0.2, 0) is 18.4 Å². The standard InChI is InChI=1S/C17H25NO/c1-2-17(19,12-18-16-9-10-16)15-8-7-13-5-3-4-6-14(13)11-15/h7-8,11,16,18-19H,2-6,9-10,12H2,1H3. The Morgan fingerprint density at radius 3 is 2.63 bits per heavy atom. The van der Waals surface area contributed by atoms with E-state index in [1.165, 1.54) is 49.7 Å². The molecule has 1 atom stereocenters. The summed E-state index contributed by atoms with van der Waals surface area (Å²) in [4.78, 5) is 0. The fraction of sp³-hybridized carbons (Fsp3) is 0.647. The summed E-state index contributed by atoms with van der Waals surface area (Å²) in [6.07, 6.45) is 8.30. The molecule has 0 radical (unpaired) electrons. The zero-order valence-corrected chi connectivity index (χ0v) is 11.9. The molecule has 2 aliphatic carbocycles. The van der Waals surface area contributed by atoms with E-state index in [2.05, 4.69) is 30.4 Å². The molecule has 0 aliphatic heterocycles. The Balaban J connectivity index is 1.80. The SMILES string of the molecule is CCC(O)(CNC1CC1)c1ccc2c(c1)CCCC2. The van der Waals surface area contributed by atoms with Crippen molar-refractivity contribution in [2.45, 2.75) is 63.5 Å². The average molecular weight is 259 g/mol. The maximum absolute atomic E-state index is 10.9. The molecule has 1 fully saturated rings. The van der Waals surface area contributed by atoms with E-state index in [1.807, 2.05) is 0 Å². The third-order valence-corrected chi connectivity index (χ3v) is 4.73. The molecule has 2 aliphatic rings. The topological polar surface area (TPSA) is 32.3 Å². The molecule has 0 spiro atoms. The van der Waals surface area contributed by atoms with E-state index in [4.69, 9.17) is 0 Å². The molecule has 2 N–H and O–H groups in total. The zero-order valence-electron chi connectivity index (χ0n) is 11.9. The molecule has 0 heterocycles. The first-order valence-corrected chi connectivity index (χ1v) is 7.79. The van der Waals surface area contributed by atoms with Crippen LogP contribution in [-0.4, -0.2) is 17.7 Å². The molecular formula is C17H25NO. The van der Waals surface area contributed by atoms with Crippen LogP contribution in [0.5, 0.6) is 0 Å². The van der Waals surface area contributed by atoms with Gasteiger partial charge in [0.25, 0.3) is 0 Å². The van der Waals surface area contributed by atoms with E-state index in [0.29, 0.717) is 12.6 Å². The monoisotopic (exact) mass is 259 g/mol. The highest BCUT2D eigenvalue weighted by Gasteiger charge is 2.31. The number of aryl methyl sites for hydroxylation is 2. The van der Waals surface area contributed by atoms with Gasteiger partial charge in [-0.15, -0.1) is 0 Å². The number of fused-ring (bicyclic) bond motifs is 1. The predicted molar refractivity (Wildman–Crippen MR) is 78.3 cm³/mol. The third kappa shape index (κ3) is 2.85. The molecule has 3 rings (SSSR count). The molecule has 1 saturated carbocycles. The number of hydrogen-bond acceptors (Lipinski definition) is 2. The van der Waals surface area contributed by atoms with Crippen LogP contribution in [0.15, 0.2) is 18.2 Å². The molecule has 19 heavy (non-hydrogen) atoms. The van der Waals surface area contributed by atoms with Gasteiger partial charge in [-0.3, -0.25) is 0 Å². The lowest BCUT2D eigenvalue weighted by Gasteiger charge is -2.29. The quantitative estimate of drug-likeness (QED) is 0.852. The number of nitrogens with one attached hydrogen (secondary N) is 1. The van der Waals surface area contributed by atoms with Gasteiger partial charge in [0.1, 0.15) is 5.60 Å². The first-order valence-electron chi connectivity index (χ1n) is 7.79. The molecule has 1 aromatic rings. The summed E-state index contributed by atoms with van der Waals surface area (Å²) >= 11 is 0. The number of aliphatic hydroxyl groups is 1. The predicted octanol–water partition coefficient (Wildman–Crippen LogP) is 2.92. The molecular weight excluding hydrogens is 234 g/mol. The lowest BCUT2D eigenvalue weighted by molar-refractivity contribution is 0.0322. The molecule has 104 valence electrons. The lowest BCUT2D eigenvalue weighted by atomic mass is 9.84. The van der Waals surface area contributed by atoms with Gasteiger partial charge in [-0.1, -0.05) is 25.1 Å². The van der Waals surface area contributed by atoms with Gasteiger partial charge in [-0.2, -0.15) is 0 Å². The van der Waals surface area contributed by atoms with Crippen molar-refractivity contribution in [3.05, 3.63) is 34.9 Å². The van der Waals surface area contributed by atoms with Gasteiger partial charge in [0.05, 0.1) is 0 Å². The van der Waals surface area contributed by atoms with Gasteiger partial charge in [-0.05, 0) is 61.6 Å². The molecule has 2 heteroatoms. The largest absolute Gasteiger partial charge is 0.384 e. The van der Waals surface area contributed by atoms with E-state index >= 15 is 0 Å². The first-order chi connectivity index (χ1) is 9.21. The second kappa shape index (κ2) is 5.26.